The molecule has 0 radical (unpaired) electrons. The zero-order chi connectivity index (χ0) is 17.6. The standard InChI is InChI=1S/C17H23F3N2O2/c1-2-22(12-14-6-4-3-5-7-14)16(23)8-9-21-10-11-24-15(13-21)17(18,19)20/h3-7,15H,2,8-13H2,1H3. The topological polar surface area (TPSA) is 32.8 Å². The smallest absolute Gasteiger partial charge is 0.366 e. The predicted octanol–water partition coefficient (Wildman–Crippen LogP) is 2.69. The third-order valence-electron chi connectivity index (χ3n) is 4.11. The molecule has 0 N–H and O–H groups in total. The summed E-state index contributed by atoms with van der Waals surface area (Å²) in [5, 5.41) is 0. The Hall–Kier alpha value is -1.60. The molecule has 2 rings (SSSR count). The van der Waals surface area contributed by atoms with Crippen LogP contribution in [0.2, 0.25) is 0 Å². The van der Waals surface area contributed by atoms with Crippen molar-refractivity contribution in [3.05, 3.63) is 35.9 Å². The zero-order valence-electron chi connectivity index (χ0n) is 13.8. The van der Waals surface area contributed by atoms with Crippen LogP contribution in [0.15, 0.2) is 30.3 Å². The highest BCUT2D eigenvalue weighted by molar-refractivity contribution is 5.76. The second kappa shape index (κ2) is 8.48. The van der Waals surface area contributed by atoms with Crippen molar-refractivity contribution in [3.8, 4) is 0 Å². The van der Waals surface area contributed by atoms with Gasteiger partial charge in [0.1, 0.15) is 0 Å². The summed E-state index contributed by atoms with van der Waals surface area (Å²) in [5.41, 5.74) is 1.04. The van der Waals surface area contributed by atoms with Crippen molar-refractivity contribution in [1.29, 1.82) is 0 Å². The molecular formula is C17H23F3N2O2. The van der Waals surface area contributed by atoms with Crippen LogP contribution in [-0.2, 0) is 16.1 Å². The fourth-order valence-corrected chi connectivity index (χ4v) is 2.70. The fraction of sp³-hybridized carbons (Fsp3) is 0.588. The molecule has 1 aliphatic rings. The summed E-state index contributed by atoms with van der Waals surface area (Å²) in [4.78, 5) is 15.7. The van der Waals surface area contributed by atoms with Crippen molar-refractivity contribution in [2.75, 3.05) is 32.8 Å². The molecule has 1 heterocycles. The van der Waals surface area contributed by atoms with Crippen LogP contribution in [0.3, 0.4) is 0 Å². The molecule has 1 atom stereocenters. The van der Waals surface area contributed by atoms with Crippen molar-refractivity contribution >= 4 is 5.91 Å². The lowest BCUT2D eigenvalue weighted by atomic mass is 10.2. The van der Waals surface area contributed by atoms with E-state index in [1.54, 1.807) is 9.80 Å². The quantitative estimate of drug-likeness (QED) is 0.795. The molecule has 1 amide bonds. The summed E-state index contributed by atoms with van der Waals surface area (Å²) in [7, 11) is 0. The predicted molar refractivity (Wildman–Crippen MR) is 84.4 cm³/mol. The van der Waals surface area contributed by atoms with E-state index in [9.17, 15) is 18.0 Å². The number of alkyl halides is 3. The Balaban J connectivity index is 1.82. The molecule has 1 aliphatic heterocycles. The van der Waals surface area contributed by atoms with Gasteiger partial charge in [0.05, 0.1) is 6.61 Å². The molecule has 1 saturated heterocycles. The van der Waals surface area contributed by atoms with Crippen LogP contribution in [0.5, 0.6) is 0 Å². The maximum absolute atomic E-state index is 12.7. The highest BCUT2D eigenvalue weighted by atomic mass is 19.4. The molecule has 24 heavy (non-hydrogen) atoms. The van der Waals surface area contributed by atoms with E-state index < -0.39 is 12.3 Å². The molecule has 4 nitrogen and oxygen atoms in total. The van der Waals surface area contributed by atoms with Gasteiger partial charge in [0.15, 0.2) is 6.10 Å². The highest BCUT2D eigenvalue weighted by Gasteiger charge is 2.43. The number of morpholine rings is 1. The molecule has 0 saturated carbocycles. The third-order valence-corrected chi connectivity index (χ3v) is 4.11. The number of carbonyl (C=O) groups is 1. The summed E-state index contributed by atoms with van der Waals surface area (Å²) >= 11 is 0. The number of amides is 1. The maximum atomic E-state index is 12.7. The molecule has 134 valence electrons. The fourth-order valence-electron chi connectivity index (χ4n) is 2.70. The van der Waals surface area contributed by atoms with Gasteiger partial charge in [0, 0.05) is 39.1 Å². The molecule has 0 aromatic heterocycles. The first-order valence-electron chi connectivity index (χ1n) is 8.12. The lowest BCUT2D eigenvalue weighted by molar-refractivity contribution is -0.237. The Morgan fingerprint density at radius 2 is 2.04 bits per heavy atom. The molecule has 1 fully saturated rings. The average molecular weight is 344 g/mol. The van der Waals surface area contributed by atoms with Gasteiger partial charge in [-0.15, -0.1) is 0 Å². The van der Waals surface area contributed by atoms with Crippen LogP contribution in [0.4, 0.5) is 13.2 Å². The van der Waals surface area contributed by atoms with E-state index in [0.717, 1.165) is 5.56 Å². The third kappa shape index (κ3) is 5.49. The van der Waals surface area contributed by atoms with Crippen LogP contribution in [0, 0.1) is 0 Å². The van der Waals surface area contributed by atoms with Crippen LogP contribution in [0.25, 0.3) is 0 Å². The Morgan fingerprint density at radius 3 is 2.67 bits per heavy atom. The van der Waals surface area contributed by atoms with E-state index in [0.29, 0.717) is 26.2 Å². The van der Waals surface area contributed by atoms with Gasteiger partial charge < -0.3 is 9.64 Å². The van der Waals surface area contributed by atoms with Crippen molar-refractivity contribution < 1.29 is 22.7 Å². The Kier molecular flexibility index (Phi) is 6.62. The Labute approximate surface area is 140 Å². The van der Waals surface area contributed by atoms with Gasteiger partial charge in [-0.25, -0.2) is 0 Å². The average Bonchev–Trinajstić information content (AvgIpc) is 2.58. The van der Waals surface area contributed by atoms with Crippen LogP contribution in [-0.4, -0.2) is 60.8 Å². The van der Waals surface area contributed by atoms with E-state index in [2.05, 4.69) is 0 Å². The number of carbonyl (C=O) groups excluding carboxylic acids is 1. The van der Waals surface area contributed by atoms with E-state index in [1.807, 2.05) is 37.3 Å². The zero-order valence-corrected chi connectivity index (χ0v) is 13.8. The molecule has 0 spiro atoms. The summed E-state index contributed by atoms with van der Waals surface area (Å²) in [6, 6.07) is 9.64. The molecule has 1 aromatic carbocycles. The minimum atomic E-state index is -4.36. The Bertz CT molecular complexity index is 522. The second-order valence-electron chi connectivity index (χ2n) is 5.85. The molecular weight excluding hydrogens is 321 g/mol. The van der Waals surface area contributed by atoms with Gasteiger partial charge >= 0.3 is 6.18 Å². The largest absolute Gasteiger partial charge is 0.415 e. The molecule has 1 unspecified atom stereocenters. The van der Waals surface area contributed by atoms with Gasteiger partial charge in [0.2, 0.25) is 5.91 Å². The Morgan fingerprint density at radius 1 is 1.33 bits per heavy atom. The normalized spacial score (nSPS) is 19.2. The van der Waals surface area contributed by atoms with Gasteiger partial charge in [-0.2, -0.15) is 13.2 Å². The number of rotatable bonds is 6. The van der Waals surface area contributed by atoms with E-state index in [4.69, 9.17) is 4.74 Å². The second-order valence-corrected chi connectivity index (χ2v) is 5.85. The summed E-state index contributed by atoms with van der Waals surface area (Å²) in [5.74, 6) is -0.0450. The first-order chi connectivity index (χ1) is 11.4. The monoisotopic (exact) mass is 344 g/mol. The van der Waals surface area contributed by atoms with Crippen molar-refractivity contribution in [2.24, 2.45) is 0 Å². The number of nitrogens with zero attached hydrogens (tertiary/aromatic N) is 2. The van der Waals surface area contributed by atoms with E-state index in [-0.39, 0.29) is 25.5 Å². The minimum absolute atomic E-state index is 0.0415. The van der Waals surface area contributed by atoms with Crippen LogP contribution in [0.1, 0.15) is 18.9 Å². The van der Waals surface area contributed by atoms with Gasteiger partial charge in [-0.1, -0.05) is 30.3 Å². The molecule has 0 bridgehead atoms. The van der Waals surface area contributed by atoms with Crippen molar-refractivity contribution in [3.63, 3.8) is 0 Å². The number of halogens is 3. The summed E-state index contributed by atoms with van der Waals surface area (Å²) in [6.45, 7) is 3.56. The van der Waals surface area contributed by atoms with Crippen molar-refractivity contribution in [2.45, 2.75) is 32.2 Å². The number of ether oxygens (including phenoxy) is 1. The number of benzene rings is 1. The SMILES string of the molecule is CCN(Cc1ccccc1)C(=O)CCN1CCOC(C(F)(F)F)C1. The van der Waals surface area contributed by atoms with Crippen LogP contribution >= 0.6 is 0 Å². The lowest BCUT2D eigenvalue weighted by Gasteiger charge is -2.34. The van der Waals surface area contributed by atoms with Crippen LogP contribution < -0.4 is 0 Å². The summed E-state index contributed by atoms with van der Waals surface area (Å²) < 4.78 is 42.9. The maximum Gasteiger partial charge on any atom is 0.415 e. The highest BCUT2D eigenvalue weighted by Crippen LogP contribution is 2.25. The minimum Gasteiger partial charge on any atom is -0.366 e. The first-order valence-corrected chi connectivity index (χ1v) is 8.12. The first kappa shape index (κ1) is 18.7. The van der Waals surface area contributed by atoms with E-state index >= 15 is 0 Å². The lowest BCUT2D eigenvalue weighted by Crippen LogP contribution is -2.49. The molecule has 0 aliphatic carbocycles. The van der Waals surface area contributed by atoms with Gasteiger partial charge in [-0.05, 0) is 12.5 Å². The number of hydrogen-bond donors (Lipinski definition) is 0. The number of hydrogen-bond acceptors (Lipinski definition) is 3. The molecule has 1 aromatic rings. The van der Waals surface area contributed by atoms with Crippen molar-refractivity contribution in [1.82, 2.24) is 9.80 Å². The van der Waals surface area contributed by atoms with E-state index in [1.165, 1.54) is 0 Å². The van der Waals surface area contributed by atoms with Gasteiger partial charge in [0.25, 0.3) is 0 Å². The summed E-state index contributed by atoms with van der Waals surface area (Å²) in [6.07, 6.45) is -5.90. The van der Waals surface area contributed by atoms with Gasteiger partial charge in [-0.3, -0.25) is 9.69 Å². The molecule has 7 heteroatoms.